The standard InChI is InChI=1S/C17H23N3/c18-9-8-16-6-3-4-10-20(16)13-15-12-19-11-14-5-1-2-7-17(14)15/h1-2,5,7,11-12,16H,3-4,6,8-10,13,18H2. The van der Waals surface area contributed by atoms with E-state index < -0.39 is 0 Å². The highest BCUT2D eigenvalue weighted by Gasteiger charge is 2.22. The topological polar surface area (TPSA) is 42.1 Å². The van der Waals surface area contributed by atoms with Gasteiger partial charge in [0.15, 0.2) is 0 Å². The maximum Gasteiger partial charge on any atom is 0.0346 e. The van der Waals surface area contributed by atoms with Crippen LogP contribution in [-0.4, -0.2) is 29.0 Å². The smallest absolute Gasteiger partial charge is 0.0346 e. The third-order valence-electron chi connectivity index (χ3n) is 4.37. The number of hydrogen-bond donors (Lipinski definition) is 1. The molecule has 1 unspecified atom stereocenters. The molecular weight excluding hydrogens is 246 g/mol. The molecule has 1 aromatic heterocycles. The number of rotatable bonds is 4. The van der Waals surface area contributed by atoms with Gasteiger partial charge in [-0.3, -0.25) is 9.88 Å². The lowest BCUT2D eigenvalue weighted by Gasteiger charge is -2.35. The van der Waals surface area contributed by atoms with Gasteiger partial charge in [0.1, 0.15) is 0 Å². The number of likely N-dealkylation sites (tertiary alicyclic amines) is 1. The van der Waals surface area contributed by atoms with E-state index in [1.54, 1.807) is 0 Å². The van der Waals surface area contributed by atoms with Crippen molar-refractivity contribution in [2.24, 2.45) is 5.73 Å². The van der Waals surface area contributed by atoms with Crippen LogP contribution in [0.1, 0.15) is 31.2 Å². The summed E-state index contributed by atoms with van der Waals surface area (Å²) in [6.07, 6.45) is 9.02. The van der Waals surface area contributed by atoms with E-state index in [-0.39, 0.29) is 0 Å². The largest absolute Gasteiger partial charge is 0.330 e. The van der Waals surface area contributed by atoms with E-state index in [0.717, 1.165) is 19.5 Å². The minimum Gasteiger partial charge on any atom is -0.330 e. The maximum absolute atomic E-state index is 5.77. The van der Waals surface area contributed by atoms with E-state index in [2.05, 4.69) is 34.1 Å². The number of piperidine rings is 1. The normalized spacial score (nSPS) is 20.4. The fraction of sp³-hybridized carbons (Fsp3) is 0.471. The first-order valence-electron chi connectivity index (χ1n) is 7.64. The lowest BCUT2D eigenvalue weighted by atomic mass is 9.98. The van der Waals surface area contributed by atoms with Crippen molar-refractivity contribution in [3.05, 3.63) is 42.2 Å². The van der Waals surface area contributed by atoms with Gasteiger partial charge in [-0.2, -0.15) is 0 Å². The number of benzene rings is 1. The van der Waals surface area contributed by atoms with Crippen LogP contribution < -0.4 is 5.73 Å². The highest BCUT2D eigenvalue weighted by atomic mass is 15.2. The first-order chi connectivity index (χ1) is 9.88. The molecule has 0 saturated carbocycles. The highest BCUT2D eigenvalue weighted by molar-refractivity contribution is 5.84. The van der Waals surface area contributed by atoms with Crippen LogP contribution in [0.4, 0.5) is 0 Å². The van der Waals surface area contributed by atoms with Crippen molar-refractivity contribution in [1.82, 2.24) is 9.88 Å². The number of nitrogens with zero attached hydrogens (tertiary/aromatic N) is 2. The Morgan fingerprint density at radius 1 is 1.20 bits per heavy atom. The van der Waals surface area contributed by atoms with Gasteiger partial charge in [0.2, 0.25) is 0 Å². The van der Waals surface area contributed by atoms with E-state index in [0.29, 0.717) is 6.04 Å². The Balaban J connectivity index is 1.84. The first-order valence-corrected chi connectivity index (χ1v) is 7.64. The molecule has 3 rings (SSSR count). The van der Waals surface area contributed by atoms with Gasteiger partial charge in [-0.15, -0.1) is 0 Å². The molecule has 1 saturated heterocycles. The van der Waals surface area contributed by atoms with Crippen LogP contribution in [0.2, 0.25) is 0 Å². The molecule has 1 aliphatic heterocycles. The molecule has 2 aromatic rings. The molecule has 1 aromatic carbocycles. The lowest BCUT2D eigenvalue weighted by Crippen LogP contribution is -2.40. The molecule has 1 aliphatic rings. The van der Waals surface area contributed by atoms with Crippen molar-refractivity contribution in [2.75, 3.05) is 13.1 Å². The van der Waals surface area contributed by atoms with Crippen molar-refractivity contribution < 1.29 is 0 Å². The highest BCUT2D eigenvalue weighted by Crippen LogP contribution is 2.24. The van der Waals surface area contributed by atoms with Crippen LogP contribution in [0.25, 0.3) is 10.8 Å². The van der Waals surface area contributed by atoms with E-state index in [1.807, 2.05) is 12.4 Å². The monoisotopic (exact) mass is 269 g/mol. The molecule has 2 N–H and O–H groups in total. The second kappa shape index (κ2) is 6.33. The zero-order valence-corrected chi connectivity index (χ0v) is 12.0. The van der Waals surface area contributed by atoms with Crippen molar-refractivity contribution in [3.8, 4) is 0 Å². The van der Waals surface area contributed by atoms with Crippen LogP contribution in [0, 0.1) is 0 Å². The minimum absolute atomic E-state index is 0.646. The summed E-state index contributed by atoms with van der Waals surface area (Å²) in [5.41, 5.74) is 7.11. The fourth-order valence-corrected chi connectivity index (χ4v) is 3.31. The van der Waals surface area contributed by atoms with Crippen LogP contribution in [0.3, 0.4) is 0 Å². The molecule has 0 bridgehead atoms. The van der Waals surface area contributed by atoms with Gasteiger partial charge in [-0.1, -0.05) is 30.7 Å². The number of pyridine rings is 1. The SMILES string of the molecule is NCCC1CCCCN1Cc1cncc2ccccc12. The molecule has 1 fully saturated rings. The van der Waals surface area contributed by atoms with Crippen LogP contribution in [0.5, 0.6) is 0 Å². The molecule has 0 radical (unpaired) electrons. The maximum atomic E-state index is 5.77. The molecule has 0 amide bonds. The van der Waals surface area contributed by atoms with Gasteiger partial charge in [0, 0.05) is 30.4 Å². The van der Waals surface area contributed by atoms with Gasteiger partial charge in [0.05, 0.1) is 0 Å². The van der Waals surface area contributed by atoms with Gasteiger partial charge < -0.3 is 5.73 Å². The third kappa shape index (κ3) is 2.84. The van der Waals surface area contributed by atoms with E-state index in [1.165, 1.54) is 42.1 Å². The fourth-order valence-electron chi connectivity index (χ4n) is 3.31. The van der Waals surface area contributed by atoms with Gasteiger partial charge in [0.25, 0.3) is 0 Å². The molecule has 20 heavy (non-hydrogen) atoms. The average molecular weight is 269 g/mol. The Kier molecular flexibility index (Phi) is 4.28. The summed E-state index contributed by atoms with van der Waals surface area (Å²) in [6, 6.07) is 9.17. The number of hydrogen-bond acceptors (Lipinski definition) is 3. The second-order valence-electron chi connectivity index (χ2n) is 5.72. The summed E-state index contributed by atoms with van der Waals surface area (Å²) in [4.78, 5) is 7.00. The van der Waals surface area contributed by atoms with E-state index in [4.69, 9.17) is 5.73 Å². The van der Waals surface area contributed by atoms with Crippen molar-refractivity contribution in [1.29, 1.82) is 0 Å². The summed E-state index contributed by atoms with van der Waals surface area (Å²) in [7, 11) is 0. The molecule has 0 aliphatic carbocycles. The summed E-state index contributed by atoms with van der Waals surface area (Å²) < 4.78 is 0. The molecule has 1 atom stereocenters. The minimum atomic E-state index is 0.646. The number of aromatic nitrogens is 1. The average Bonchev–Trinajstić information content (AvgIpc) is 2.50. The summed E-state index contributed by atoms with van der Waals surface area (Å²) >= 11 is 0. The van der Waals surface area contributed by atoms with Gasteiger partial charge in [-0.05, 0) is 43.3 Å². The zero-order valence-electron chi connectivity index (χ0n) is 12.0. The zero-order chi connectivity index (χ0) is 13.8. The quantitative estimate of drug-likeness (QED) is 0.928. The number of fused-ring (bicyclic) bond motifs is 1. The predicted molar refractivity (Wildman–Crippen MR) is 83.5 cm³/mol. The molecule has 3 nitrogen and oxygen atoms in total. The summed E-state index contributed by atoms with van der Waals surface area (Å²) in [5.74, 6) is 0. The molecular formula is C17H23N3. The van der Waals surface area contributed by atoms with Crippen LogP contribution in [0.15, 0.2) is 36.7 Å². The Hall–Kier alpha value is -1.45. The lowest BCUT2D eigenvalue weighted by molar-refractivity contribution is 0.134. The Morgan fingerprint density at radius 2 is 2.10 bits per heavy atom. The Bertz CT molecular complexity index is 560. The van der Waals surface area contributed by atoms with Crippen LogP contribution in [-0.2, 0) is 6.54 Å². The Labute approximate surface area is 120 Å². The van der Waals surface area contributed by atoms with Gasteiger partial charge in [-0.25, -0.2) is 0 Å². The van der Waals surface area contributed by atoms with Gasteiger partial charge >= 0.3 is 0 Å². The summed E-state index contributed by atoms with van der Waals surface area (Å²) in [5, 5.41) is 2.57. The van der Waals surface area contributed by atoms with Crippen molar-refractivity contribution >= 4 is 10.8 Å². The van der Waals surface area contributed by atoms with Crippen molar-refractivity contribution in [2.45, 2.75) is 38.3 Å². The first kappa shape index (κ1) is 13.5. The summed E-state index contributed by atoms with van der Waals surface area (Å²) in [6.45, 7) is 2.97. The third-order valence-corrected chi connectivity index (χ3v) is 4.37. The molecule has 2 heterocycles. The van der Waals surface area contributed by atoms with E-state index >= 15 is 0 Å². The van der Waals surface area contributed by atoms with E-state index in [9.17, 15) is 0 Å². The second-order valence-corrected chi connectivity index (χ2v) is 5.72. The molecule has 0 spiro atoms. The Morgan fingerprint density at radius 3 is 3.00 bits per heavy atom. The van der Waals surface area contributed by atoms with Crippen LogP contribution >= 0.6 is 0 Å². The van der Waals surface area contributed by atoms with Crippen molar-refractivity contribution in [3.63, 3.8) is 0 Å². The molecule has 3 heteroatoms. The molecule has 106 valence electrons. The number of nitrogens with two attached hydrogens (primary N) is 1. The predicted octanol–water partition coefficient (Wildman–Crippen LogP) is 2.94.